The van der Waals surface area contributed by atoms with Gasteiger partial charge >= 0.3 is 0 Å². The van der Waals surface area contributed by atoms with E-state index in [1.807, 2.05) is 0 Å². The van der Waals surface area contributed by atoms with Crippen molar-refractivity contribution in [2.75, 3.05) is 24.1 Å². The third-order valence-electron chi connectivity index (χ3n) is 5.44. The van der Waals surface area contributed by atoms with Crippen LogP contribution in [0.15, 0.2) is 75.4 Å². The molecule has 0 spiro atoms. The predicted molar refractivity (Wildman–Crippen MR) is 114 cm³/mol. The third kappa shape index (κ3) is 3.39. The van der Waals surface area contributed by atoms with Crippen LogP contribution in [0, 0.1) is 5.82 Å². The fourth-order valence-corrected chi connectivity index (χ4v) is 6.65. The summed E-state index contributed by atoms with van der Waals surface area (Å²) in [5.74, 6) is 0.334. The predicted octanol–water partition coefficient (Wildman–Crippen LogP) is 3.18. The number of halogens is 1. The first-order chi connectivity index (χ1) is 15.3. The lowest BCUT2D eigenvalue weighted by Gasteiger charge is -2.20. The van der Waals surface area contributed by atoms with Crippen LogP contribution in [0.5, 0.6) is 11.5 Å². The van der Waals surface area contributed by atoms with E-state index in [1.165, 1.54) is 46.8 Å². The molecular weight excluding hydrogens is 457 g/mol. The summed E-state index contributed by atoms with van der Waals surface area (Å²) in [6.45, 7) is 0.914. The molecule has 0 saturated heterocycles. The Morgan fingerprint density at radius 1 is 0.750 bits per heavy atom. The van der Waals surface area contributed by atoms with E-state index in [0.29, 0.717) is 42.4 Å². The quantitative estimate of drug-likeness (QED) is 0.576. The van der Waals surface area contributed by atoms with Crippen LogP contribution < -0.4 is 13.8 Å². The normalized spacial score (nSPS) is 15.5. The van der Waals surface area contributed by atoms with Crippen LogP contribution in [0.4, 0.5) is 10.1 Å². The van der Waals surface area contributed by atoms with E-state index in [4.69, 9.17) is 9.47 Å². The third-order valence-corrected chi connectivity index (χ3v) is 9.02. The molecule has 0 unspecified atom stereocenters. The molecule has 7 nitrogen and oxygen atoms in total. The van der Waals surface area contributed by atoms with Crippen LogP contribution in [0.2, 0.25) is 0 Å². The number of fused-ring (bicyclic) bond motifs is 2. The first-order valence-electron chi connectivity index (χ1n) is 9.83. The van der Waals surface area contributed by atoms with Crippen molar-refractivity contribution >= 4 is 25.5 Å². The largest absolute Gasteiger partial charge is 0.486 e. The smallest absolute Gasteiger partial charge is 0.264 e. The van der Waals surface area contributed by atoms with Gasteiger partial charge in [-0.25, -0.2) is 21.2 Å². The summed E-state index contributed by atoms with van der Waals surface area (Å²) in [5, 5.41) is 0. The van der Waals surface area contributed by atoms with Crippen LogP contribution in [0.1, 0.15) is 5.56 Å². The molecule has 0 N–H and O–H groups in total. The van der Waals surface area contributed by atoms with Crippen molar-refractivity contribution in [2.24, 2.45) is 0 Å². The summed E-state index contributed by atoms with van der Waals surface area (Å²) >= 11 is 0. The lowest BCUT2D eigenvalue weighted by atomic mass is 10.2. The SMILES string of the molecule is O=S(=O)(c1ccc2c(c1)CCN2S(=O)(=O)c1ccc(F)cc1)c1ccc2c(c1)OCCO2. The van der Waals surface area contributed by atoms with Gasteiger partial charge in [-0.2, -0.15) is 0 Å². The van der Waals surface area contributed by atoms with Gasteiger partial charge in [0, 0.05) is 12.6 Å². The minimum Gasteiger partial charge on any atom is -0.486 e. The number of nitrogens with zero attached hydrogens (tertiary/aromatic N) is 1. The van der Waals surface area contributed by atoms with Crippen molar-refractivity contribution < 1.29 is 30.7 Å². The van der Waals surface area contributed by atoms with Crippen LogP contribution in [-0.4, -0.2) is 36.6 Å². The standard InChI is InChI=1S/C22H18FNO6S2/c23-16-1-3-17(4-2-16)32(27,28)24-10-9-15-13-18(5-7-20(15)24)31(25,26)19-6-8-21-22(14-19)30-12-11-29-21/h1-8,13-14H,9-12H2. The van der Waals surface area contributed by atoms with Gasteiger partial charge in [0.1, 0.15) is 19.0 Å². The van der Waals surface area contributed by atoms with E-state index in [9.17, 15) is 21.2 Å². The average Bonchev–Trinajstić information content (AvgIpc) is 3.23. The highest BCUT2D eigenvalue weighted by Crippen LogP contribution is 2.37. The molecule has 0 aromatic heterocycles. The molecule has 0 aliphatic carbocycles. The van der Waals surface area contributed by atoms with Crippen molar-refractivity contribution in [3.63, 3.8) is 0 Å². The molecule has 3 aromatic rings. The molecule has 0 atom stereocenters. The van der Waals surface area contributed by atoms with Gasteiger partial charge in [-0.15, -0.1) is 0 Å². The number of ether oxygens (including phenoxy) is 2. The first kappa shape index (κ1) is 20.8. The summed E-state index contributed by atoms with van der Waals surface area (Å²) in [5.41, 5.74) is 1.02. The highest BCUT2D eigenvalue weighted by Gasteiger charge is 2.32. The van der Waals surface area contributed by atoms with Crippen LogP contribution in [0.3, 0.4) is 0 Å². The number of hydrogen-bond donors (Lipinski definition) is 0. The zero-order chi connectivity index (χ0) is 22.5. The van der Waals surface area contributed by atoms with E-state index < -0.39 is 25.7 Å². The van der Waals surface area contributed by atoms with Gasteiger partial charge < -0.3 is 9.47 Å². The second kappa shape index (κ2) is 7.49. The Balaban J connectivity index is 1.49. The number of benzene rings is 3. The van der Waals surface area contributed by atoms with Crippen molar-refractivity contribution in [3.8, 4) is 11.5 Å². The Kier molecular flexibility index (Phi) is 4.86. The second-order valence-electron chi connectivity index (χ2n) is 7.38. The van der Waals surface area contributed by atoms with Crippen molar-refractivity contribution in [3.05, 3.63) is 72.0 Å². The summed E-state index contributed by atoms with van der Waals surface area (Å²) in [6.07, 6.45) is 0.361. The lowest BCUT2D eigenvalue weighted by molar-refractivity contribution is 0.171. The Morgan fingerprint density at radius 2 is 1.38 bits per heavy atom. The summed E-state index contributed by atoms with van der Waals surface area (Å²) in [6, 6.07) is 13.4. The van der Waals surface area contributed by atoms with Crippen molar-refractivity contribution in [1.29, 1.82) is 0 Å². The van der Waals surface area contributed by atoms with Crippen LogP contribution >= 0.6 is 0 Å². The van der Waals surface area contributed by atoms with Crippen LogP contribution in [-0.2, 0) is 26.3 Å². The van der Waals surface area contributed by atoms with E-state index in [2.05, 4.69) is 0 Å². The van der Waals surface area contributed by atoms with E-state index in [1.54, 1.807) is 6.07 Å². The molecule has 0 saturated carbocycles. The molecule has 166 valence electrons. The van der Waals surface area contributed by atoms with Gasteiger partial charge in [0.25, 0.3) is 10.0 Å². The Morgan fingerprint density at radius 3 is 2.12 bits per heavy atom. The van der Waals surface area contributed by atoms with Gasteiger partial charge in [0.05, 0.1) is 20.4 Å². The average molecular weight is 476 g/mol. The molecular formula is C22H18FNO6S2. The van der Waals surface area contributed by atoms with Gasteiger partial charge in [-0.1, -0.05) is 0 Å². The van der Waals surface area contributed by atoms with Gasteiger partial charge in [-0.3, -0.25) is 4.31 Å². The Bertz CT molecular complexity index is 1420. The number of hydrogen-bond acceptors (Lipinski definition) is 6. The summed E-state index contributed by atoms with van der Waals surface area (Å²) in [7, 11) is -7.74. The van der Waals surface area contributed by atoms with Crippen molar-refractivity contribution in [1.82, 2.24) is 0 Å². The van der Waals surface area contributed by atoms with Crippen molar-refractivity contribution in [2.45, 2.75) is 21.1 Å². The lowest BCUT2D eigenvalue weighted by Crippen LogP contribution is -2.29. The molecule has 2 aliphatic rings. The molecule has 10 heteroatoms. The molecule has 0 bridgehead atoms. The highest BCUT2D eigenvalue weighted by atomic mass is 32.2. The Labute approximate surface area is 185 Å². The number of anilines is 1. The molecule has 5 rings (SSSR count). The van der Waals surface area contributed by atoms with Gasteiger partial charge in [0.2, 0.25) is 9.84 Å². The molecule has 32 heavy (non-hydrogen) atoms. The number of sulfone groups is 1. The molecule has 2 heterocycles. The summed E-state index contributed by atoms with van der Waals surface area (Å²) in [4.78, 5) is 0.101. The first-order valence-corrected chi connectivity index (χ1v) is 12.8. The zero-order valence-corrected chi connectivity index (χ0v) is 18.3. The van der Waals surface area contributed by atoms with E-state index in [0.717, 1.165) is 12.1 Å². The monoisotopic (exact) mass is 475 g/mol. The molecule has 0 amide bonds. The fourth-order valence-electron chi connectivity index (χ4n) is 3.83. The van der Waals surface area contributed by atoms with Gasteiger partial charge in [0.15, 0.2) is 11.5 Å². The highest BCUT2D eigenvalue weighted by molar-refractivity contribution is 7.93. The maximum atomic E-state index is 13.2. The molecule has 0 radical (unpaired) electrons. The molecule has 3 aromatic carbocycles. The number of sulfonamides is 1. The molecule has 2 aliphatic heterocycles. The van der Waals surface area contributed by atoms with E-state index >= 15 is 0 Å². The zero-order valence-electron chi connectivity index (χ0n) is 16.7. The maximum Gasteiger partial charge on any atom is 0.264 e. The van der Waals surface area contributed by atoms with E-state index in [-0.39, 0.29) is 21.2 Å². The minimum absolute atomic E-state index is 0.0280. The second-order valence-corrected chi connectivity index (χ2v) is 11.2. The molecule has 0 fully saturated rings. The Hall–Kier alpha value is -3.11. The van der Waals surface area contributed by atoms with Gasteiger partial charge in [-0.05, 0) is 66.6 Å². The fraction of sp³-hybridized carbons (Fsp3) is 0.182. The van der Waals surface area contributed by atoms with Crippen LogP contribution in [0.25, 0.3) is 0 Å². The topological polar surface area (TPSA) is 90.0 Å². The minimum atomic E-state index is -3.89. The maximum absolute atomic E-state index is 13.2. The number of rotatable bonds is 4. The summed E-state index contributed by atoms with van der Waals surface area (Å²) < 4.78 is 77.7.